The van der Waals surface area contributed by atoms with E-state index in [1.165, 1.54) is 4.90 Å². The molecule has 2 aromatic carbocycles. The van der Waals surface area contributed by atoms with Crippen LogP contribution in [0.5, 0.6) is 0 Å². The molecule has 2 saturated heterocycles. The molecule has 6 nitrogen and oxygen atoms in total. The number of hydrogen-bond acceptors (Lipinski definition) is 4. The number of pyridine rings is 1. The second-order valence-corrected chi connectivity index (χ2v) is 9.73. The third-order valence-corrected chi connectivity index (χ3v) is 7.56. The number of hydrogen-bond donors (Lipinski definition) is 0. The van der Waals surface area contributed by atoms with Crippen LogP contribution >= 0.6 is 11.6 Å². The fraction of sp³-hybridized carbons (Fsp3) is 0.321. The van der Waals surface area contributed by atoms with Crippen LogP contribution in [-0.4, -0.2) is 56.8 Å². The summed E-state index contributed by atoms with van der Waals surface area (Å²) in [6.45, 7) is 2.96. The van der Waals surface area contributed by atoms with Crippen molar-refractivity contribution in [2.45, 2.75) is 37.9 Å². The topological polar surface area (TPSA) is 56.8 Å². The van der Waals surface area contributed by atoms with E-state index in [9.17, 15) is 9.59 Å². The van der Waals surface area contributed by atoms with Crippen LogP contribution in [0.1, 0.15) is 29.5 Å². The maximum Gasteiger partial charge on any atom is 0.328 e. The third-order valence-electron chi connectivity index (χ3n) is 7.19. The van der Waals surface area contributed by atoms with E-state index in [4.69, 9.17) is 11.6 Å². The number of nitrogens with zero attached hydrogens (tertiary/aromatic N) is 4. The van der Waals surface area contributed by atoms with Gasteiger partial charge >= 0.3 is 6.03 Å². The van der Waals surface area contributed by atoms with Gasteiger partial charge in [0.2, 0.25) is 0 Å². The predicted molar refractivity (Wildman–Crippen MR) is 136 cm³/mol. The summed E-state index contributed by atoms with van der Waals surface area (Å²) in [5, 5.41) is 0.757. The van der Waals surface area contributed by atoms with Gasteiger partial charge in [0.25, 0.3) is 5.91 Å². The molecule has 1 aromatic heterocycles. The number of piperidine rings is 1. The monoisotopic (exact) mass is 488 g/mol. The van der Waals surface area contributed by atoms with E-state index in [1.807, 2.05) is 59.5 Å². The van der Waals surface area contributed by atoms with Gasteiger partial charge in [-0.25, -0.2) is 4.79 Å². The van der Waals surface area contributed by atoms with E-state index < -0.39 is 5.54 Å². The summed E-state index contributed by atoms with van der Waals surface area (Å²) in [5.41, 5.74) is 2.29. The van der Waals surface area contributed by atoms with Crippen molar-refractivity contribution in [3.8, 4) is 0 Å². The standard InChI is InChI=1S/C28H29ClN4O2/c29-25-11-5-4-10-24(25)21-31-17-13-28(14-18-31)26(34)32(20-23-9-6-15-30-19-23)27(35)33(28)16-12-22-7-2-1-3-8-22/h1-11,15,19H,12-14,16-18,20-21H2. The highest BCUT2D eigenvalue weighted by Crippen LogP contribution is 2.38. The van der Waals surface area contributed by atoms with Crippen LogP contribution in [0.2, 0.25) is 5.02 Å². The zero-order chi connectivity index (χ0) is 24.3. The first-order valence-corrected chi connectivity index (χ1v) is 12.5. The van der Waals surface area contributed by atoms with Gasteiger partial charge in [-0.05, 0) is 48.1 Å². The minimum Gasteiger partial charge on any atom is -0.309 e. The molecule has 7 heteroatoms. The molecule has 3 amide bonds. The molecule has 0 bridgehead atoms. The Kier molecular flexibility index (Phi) is 6.84. The van der Waals surface area contributed by atoms with Gasteiger partial charge in [-0.15, -0.1) is 0 Å². The molecule has 0 N–H and O–H groups in total. The van der Waals surface area contributed by atoms with Gasteiger partial charge in [0.15, 0.2) is 0 Å². The van der Waals surface area contributed by atoms with Crippen molar-refractivity contribution in [3.63, 3.8) is 0 Å². The maximum atomic E-state index is 13.8. The zero-order valence-electron chi connectivity index (χ0n) is 19.6. The number of carbonyl (C=O) groups excluding carboxylic acids is 2. The fourth-order valence-corrected chi connectivity index (χ4v) is 5.42. The number of halogens is 1. The average Bonchev–Trinajstić information content (AvgIpc) is 3.07. The highest BCUT2D eigenvalue weighted by molar-refractivity contribution is 6.31. The number of rotatable bonds is 7. The van der Waals surface area contributed by atoms with Crippen LogP contribution in [0, 0.1) is 0 Å². The molecule has 2 fully saturated rings. The molecule has 5 rings (SSSR count). The van der Waals surface area contributed by atoms with Crippen molar-refractivity contribution < 1.29 is 9.59 Å². The van der Waals surface area contributed by atoms with E-state index in [1.54, 1.807) is 12.4 Å². The Morgan fingerprint density at radius 3 is 2.29 bits per heavy atom. The number of imide groups is 1. The van der Waals surface area contributed by atoms with Crippen LogP contribution in [0.25, 0.3) is 0 Å². The molecule has 35 heavy (non-hydrogen) atoms. The lowest BCUT2D eigenvalue weighted by atomic mass is 9.85. The van der Waals surface area contributed by atoms with E-state index in [0.717, 1.165) is 41.3 Å². The SMILES string of the molecule is O=C1N(Cc2cccnc2)C(=O)C2(CCN(Cc3ccccc3Cl)CC2)N1CCc1ccccc1. The van der Waals surface area contributed by atoms with Gasteiger partial charge in [0.05, 0.1) is 6.54 Å². The van der Waals surface area contributed by atoms with E-state index >= 15 is 0 Å². The number of aromatic nitrogens is 1. The third kappa shape index (κ3) is 4.81. The Bertz CT molecular complexity index is 1180. The lowest BCUT2D eigenvalue weighted by molar-refractivity contribution is -0.136. The lowest BCUT2D eigenvalue weighted by Gasteiger charge is -2.42. The zero-order valence-corrected chi connectivity index (χ0v) is 20.4. The molecule has 2 aliphatic rings. The number of carbonyl (C=O) groups is 2. The van der Waals surface area contributed by atoms with Crippen molar-refractivity contribution in [1.29, 1.82) is 0 Å². The minimum absolute atomic E-state index is 0.0863. The van der Waals surface area contributed by atoms with Crippen LogP contribution < -0.4 is 0 Å². The molecule has 3 aromatic rings. The first-order chi connectivity index (χ1) is 17.1. The number of urea groups is 1. The van der Waals surface area contributed by atoms with Gasteiger partial charge in [-0.1, -0.05) is 66.2 Å². The summed E-state index contributed by atoms with van der Waals surface area (Å²) in [6.07, 6.45) is 5.35. The summed E-state index contributed by atoms with van der Waals surface area (Å²) >= 11 is 6.38. The Morgan fingerprint density at radius 2 is 1.57 bits per heavy atom. The lowest BCUT2D eigenvalue weighted by Crippen LogP contribution is -2.56. The highest BCUT2D eigenvalue weighted by atomic mass is 35.5. The summed E-state index contributed by atoms with van der Waals surface area (Å²) in [6, 6.07) is 21.5. The Labute approximate surface area is 211 Å². The summed E-state index contributed by atoms with van der Waals surface area (Å²) in [4.78, 5) is 37.2. The largest absolute Gasteiger partial charge is 0.328 e. The Hall–Kier alpha value is -3.22. The molecule has 0 saturated carbocycles. The molecule has 0 radical (unpaired) electrons. The van der Waals surface area contributed by atoms with Crippen molar-refractivity contribution in [1.82, 2.24) is 19.7 Å². The smallest absolute Gasteiger partial charge is 0.309 e. The number of amides is 3. The quantitative estimate of drug-likeness (QED) is 0.449. The number of benzene rings is 2. The Morgan fingerprint density at radius 1 is 0.857 bits per heavy atom. The van der Waals surface area contributed by atoms with Crippen LogP contribution in [0.3, 0.4) is 0 Å². The minimum atomic E-state index is -0.801. The molecule has 0 unspecified atom stereocenters. The van der Waals surface area contributed by atoms with Crippen LogP contribution in [0.4, 0.5) is 4.79 Å². The number of likely N-dealkylation sites (tertiary alicyclic amines) is 1. The van der Waals surface area contributed by atoms with E-state index in [2.05, 4.69) is 22.0 Å². The highest BCUT2D eigenvalue weighted by Gasteiger charge is 2.57. The van der Waals surface area contributed by atoms with E-state index in [0.29, 0.717) is 25.8 Å². The molecule has 0 atom stereocenters. The Balaban J connectivity index is 1.36. The van der Waals surface area contributed by atoms with Gasteiger partial charge < -0.3 is 4.90 Å². The molecular formula is C28H29ClN4O2. The first kappa shape index (κ1) is 23.5. The van der Waals surface area contributed by atoms with Gasteiger partial charge in [-0.3, -0.25) is 19.6 Å². The summed E-state index contributed by atoms with van der Waals surface area (Å²) < 4.78 is 0. The van der Waals surface area contributed by atoms with Crippen molar-refractivity contribution in [2.24, 2.45) is 0 Å². The van der Waals surface area contributed by atoms with Gasteiger partial charge in [0.1, 0.15) is 5.54 Å². The maximum absolute atomic E-state index is 13.8. The molecule has 0 aliphatic carbocycles. The molecular weight excluding hydrogens is 460 g/mol. The first-order valence-electron chi connectivity index (χ1n) is 12.1. The van der Waals surface area contributed by atoms with E-state index in [-0.39, 0.29) is 18.5 Å². The normalized spacial score (nSPS) is 18.0. The van der Waals surface area contributed by atoms with Crippen LogP contribution in [0.15, 0.2) is 79.1 Å². The molecule has 1 spiro atoms. The predicted octanol–water partition coefficient (Wildman–Crippen LogP) is 4.78. The van der Waals surface area contributed by atoms with Crippen molar-refractivity contribution in [2.75, 3.05) is 19.6 Å². The molecule has 2 aliphatic heterocycles. The van der Waals surface area contributed by atoms with Crippen LogP contribution in [-0.2, 0) is 24.3 Å². The van der Waals surface area contributed by atoms with Crippen molar-refractivity contribution >= 4 is 23.5 Å². The van der Waals surface area contributed by atoms with Gasteiger partial charge in [0, 0.05) is 43.6 Å². The van der Waals surface area contributed by atoms with Gasteiger partial charge in [-0.2, -0.15) is 0 Å². The summed E-state index contributed by atoms with van der Waals surface area (Å²) in [5.74, 6) is -0.0863. The fourth-order valence-electron chi connectivity index (χ4n) is 5.22. The second-order valence-electron chi connectivity index (χ2n) is 9.32. The second kappa shape index (κ2) is 10.2. The molecule has 180 valence electrons. The summed E-state index contributed by atoms with van der Waals surface area (Å²) in [7, 11) is 0. The average molecular weight is 489 g/mol. The van der Waals surface area contributed by atoms with Crippen molar-refractivity contribution in [3.05, 3.63) is 101 Å². The molecule has 3 heterocycles.